The van der Waals surface area contributed by atoms with Gasteiger partial charge in [-0.3, -0.25) is 0 Å². The Morgan fingerprint density at radius 2 is 1.91 bits per heavy atom. The number of aryl methyl sites for hydroxylation is 2. The number of ether oxygens (including phenoxy) is 1. The number of amides is 2. The van der Waals surface area contributed by atoms with Crippen LogP contribution in [-0.2, 0) is 0 Å². The molecule has 0 aliphatic rings. The van der Waals surface area contributed by atoms with Crippen LogP contribution in [0.25, 0.3) is 0 Å². The lowest BCUT2D eigenvalue weighted by Crippen LogP contribution is -2.30. The minimum absolute atomic E-state index is 0.190. The van der Waals surface area contributed by atoms with E-state index in [1.165, 1.54) is 0 Å². The van der Waals surface area contributed by atoms with Crippen LogP contribution >= 0.6 is 22.6 Å². The predicted molar refractivity (Wildman–Crippen MR) is 102 cm³/mol. The summed E-state index contributed by atoms with van der Waals surface area (Å²) in [4.78, 5) is 11.9. The molecule has 0 atom stereocenters. The van der Waals surface area contributed by atoms with Gasteiger partial charge in [-0.05, 0) is 78.3 Å². The molecular formula is C18H21IN2O2. The molecule has 2 aromatic carbocycles. The fourth-order valence-electron chi connectivity index (χ4n) is 2.11. The van der Waals surface area contributed by atoms with E-state index in [4.69, 9.17) is 4.74 Å². The Morgan fingerprint density at radius 1 is 1.13 bits per heavy atom. The van der Waals surface area contributed by atoms with Crippen molar-refractivity contribution in [2.75, 3.05) is 18.5 Å². The van der Waals surface area contributed by atoms with Crippen molar-refractivity contribution in [3.63, 3.8) is 0 Å². The smallest absolute Gasteiger partial charge is 0.319 e. The van der Waals surface area contributed by atoms with Crippen molar-refractivity contribution in [2.24, 2.45) is 0 Å². The zero-order chi connectivity index (χ0) is 16.7. The first-order chi connectivity index (χ1) is 11.1. The Morgan fingerprint density at radius 3 is 2.65 bits per heavy atom. The van der Waals surface area contributed by atoms with Crippen molar-refractivity contribution in [3.05, 3.63) is 57.2 Å². The normalized spacial score (nSPS) is 10.2. The lowest BCUT2D eigenvalue weighted by molar-refractivity contribution is 0.250. The van der Waals surface area contributed by atoms with E-state index in [1.54, 1.807) is 0 Å². The van der Waals surface area contributed by atoms with Crippen LogP contribution < -0.4 is 15.4 Å². The van der Waals surface area contributed by atoms with Crippen molar-refractivity contribution in [1.29, 1.82) is 0 Å². The molecule has 0 bridgehead atoms. The van der Waals surface area contributed by atoms with Gasteiger partial charge in [0.25, 0.3) is 0 Å². The monoisotopic (exact) mass is 424 g/mol. The second-order valence-electron chi connectivity index (χ2n) is 5.31. The second kappa shape index (κ2) is 8.76. The van der Waals surface area contributed by atoms with E-state index in [0.29, 0.717) is 13.2 Å². The summed E-state index contributed by atoms with van der Waals surface area (Å²) in [5.74, 6) is 0.895. The highest BCUT2D eigenvalue weighted by molar-refractivity contribution is 14.1. The summed E-state index contributed by atoms with van der Waals surface area (Å²) in [6.07, 6.45) is 0.757. The van der Waals surface area contributed by atoms with E-state index in [0.717, 1.165) is 32.6 Å². The summed E-state index contributed by atoms with van der Waals surface area (Å²) >= 11 is 2.25. The number of carbonyl (C=O) groups is 1. The molecule has 0 heterocycles. The fourth-order valence-corrected chi connectivity index (χ4v) is 2.76. The van der Waals surface area contributed by atoms with Crippen molar-refractivity contribution in [3.8, 4) is 5.75 Å². The third-order valence-corrected chi connectivity index (χ3v) is 4.07. The number of para-hydroxylation sites is 1. The molecule has 122 valence electrons. The lowest BCUT2D eigenvalue weighted by atomic mass is 10.2. The average Bonchev–Trinajstić information content (AvgIpc) is 2.51. The molecule has 2 amide bonds. The van der Waals surface area contributed by atoms with Crippen LogP contribution in [0.1, 0.15) is 17.5 Å². The minimum atomic E-state index is -0.190. The van der Waals surface area contributed by atoms with Crippen LogP contribution in [0.4, 0.5) is 10.5 Å². The van der Waals surface area contributed by atoms with Gasteiger partial charge in [0.05, 0.1) is 6.61 Å². The van der Waals surface area contributed by atoms with Gasteiger partial charge in [0.1, 0.15) is 5.75 Å². The number of nitrogens with one attached hydrogen (secondary N) is 2. The molecule has 0 aliphatic heterocycles. The van der Waals surface area contributed by atoms with E-state index in [1.807, 2.05) is 56.3 Å². The highest BCUT2D eigenvalue weighted by Gasteiger charge is 2.04. The van der Waals surface area contributed by atoms with E-state index in [2.05, 4.69) is 33.2 Å². The van der Waals surface area contributed by atoms with Gasteiger partial charge in [-0.1, -0.05) is 18.2 Å². The Labute approximate surface area is 150 Å². The Hall–Kier alpha value is -1.76. The molecule has 0 aliphatic carbocycles. The van der Waals surface area contributed by atoms with Crippen LogP contribution in [0, 0.1) is 17.4 Å². The van der Waals surface area contributed by atoms with E-state index in [-0.39, 0.29) is 6.03 Å². The standard InChI is InChI=1S/C18H21IN2O2/c1-13-6-3-4-7-17(13)23-11-5-10-20-18(22)21-16-9-8-15(19)12-14(16)2/h3-4,6-9,12H,5,10-11H2,1-2H3,(H2,20,21,22). The SMILES string of the molecule is Cc1cc(I)ccc1NC(=O)NCCCOc1ccccc1C. The van der Waals surface area contributed by atoms with E-state index in [9.17, 15) is 4.79 Å². The van der Waals surface area contributed by atoms with Crippen LogP contribution in [-0.4, -0.2) is 19.2 Å². The number of carbonyl (C=O) groups excluding carboxylic acids is 1. The number of benzene rings is 2. The molecule has 0 fully saturated rings. The van der Waals surface area contributed by atoms with Gasteiger partial charge in [0.2, 0.25) is 0 Å². The number of hydrogen-bond acceptors (Lipinski definition) is 2. The maximum Gasteiger partial charge on any atom is 0.319 e. The molecule has 0 unspecified atom stereocenters. The molecule has 0 radical (unpaired) electrons. The van der Waals surface area contributed by atoms with Crippen molar-refractivity contribution in [2.45, 2.75) is 20.3 Å². The molecule has 2 rings (SSSR count). The second-order valence-corrected chi connectivity index (χ2v) is 6.55. The highest BCUT2D eigenvalue weighted by atomic mass is 127. The van der Waals surface area contributed by atoms with E-state index >= 15 is 0 Å². The molecule has 2 aromatic rings. The van der Waals surface area contributed by atoms with Crippen molar-refractivity contribution < 1.29 is 9.53 Å². The Kier molecular flexibility index (Phi) is 6.70. The van der Waals surface area contributed by atoms with Crippen molar-refractivity contribution >= 4 is 34.3 Å². The third kappa shape index (κ3) is 5.74. The molecule has 0 saturated heterocycles. The number of hydrogen-bond donors (Lipinski definition) is 2. The number of rotatable bonds is 6. The topological polar surface area (TPSA) is 50.4 Å². The van der Waals surface area contributed by atoms with Gasteiger partial charge in [-0.25, -0.2) is 4.79 Å². The van der Waals surface area contributed by atoms with Gasteiger partial charge >= 0.3 is 6.03 Å². The predicted octanol–water partition coefficient (Wildman–Crippen LogP) is 4.50. The van der Waals surface area contributed by atoms with Crippen LogP contribution in [0.3, 0.4) is 0 Å². The van der Waals surface area contributed by atoms with Crippen molar-refractivity contribution in [1.82, 2.24) is 5.32 Å². The summed E-state index contributed by atoms with van der Waals surface area (Å²) < 4.78 is 6.85. The largest absolute Gasteiger partial charge is 0.493 e. The maximum atomic E-state index is 11.9. The summed E-state index contributed by atoms with van der Waals surface area (Å²) in [6, 6.07) is 13.6. The van der Waals surface area contributed by atoms with Crippen LogP contribution in [0.5, 0.6) is 5.75 Å². The molecule has 0 spiro atoms. The highest BCUT2D eigenvalue weighted by Crippen LogP contribution is 2.17. The summed E-state index contributed by atoms with van der Waals surface area (Å²) in [7, 11) is 0. The van der Waals surface area contributed by atoms with Gasteiger partial charge in [0.15, 0.2) is 0 Å². The number of urea groups is 1. The van der Waals surface area contributed by atoms with Crippen LogP contribution in [0.15, 0.2) is 42.5 Å². The molecule has 0 saturated carbocycles. The minimum Gasteiger partial charge on any atom is -0.493 e. The summed E-state index contributed by atoms with van der Waals surface area (Å²) in [6.45, 7) is 5.15. The zero-order valence-electron chi connectivity index (χ0n) is 13.4. The third-order valence-electron chi connectivity index (χ3n) is 3.39. The maximum absolute atomic E-state index is 11.9. The number of anilines is 1. The zero-order valence-corrected chi connectivity index (χ0v) is 15.5. The average molecular weight is 424 g/mol. The quantitative estimate of drug-likeness (QED) is 0.530. The molecule has 23 heavy (non-hydrogen) atoms. The number of halogens is 1. The summed E-state index contributed by atoms with van der Waals surface area (Å²) in [5, 5.41) is 5.70. The first kappa shape index (κ1) is 17.6. The van der Waals surface area contributed by atoms with Gasteiger partial charge < -0.3 is 15.4 Å². The van der Waals surface area contributed by atoms with Gasteiger partial charge in [0, 0.05) is 15.8 Å². The van der Waals surface area contributed by atoms with E-state index < -0.39 is 0 Å². The van der Waals surface area contributed by atoms with Gasteiger partial charge in [-0.2, -0.15) is 0 Å². The Balaban J connectivity index is 1.68. The lowest BCUT2D eigenvalue weighted by Gasteiger charge is -2.11. The molecule has 5 heteroatoms. The molecular weight excluding hydrogens is 403 g/mol. The van der Waals surface area contributed by atoms with Gasteiger partial charge in [-0.15, -0.1) is 0 Å². The van der Waals surface area contributed by atoms with Crippen LogP contribution in [0.2, 0.25) is 0 Å². The fraction of sp³-hybridized carbons (Fsp3) is 0.278. The molecule has 2 N–H and O–H groups in total. The Bertz CT molecular complexity index is 674. The first-order valence-electron chi connectivity index (χ1n) is 7.55. The first-order valence-corrected chi connectivity index (χ1v) is 8.63. The molecule has 0 aromatic heterocycles. The molecule has 4 nitrogen and oxygen atoms in total. The summed E-state index contributed by atoms with van der Waals surface area (Å²) in [5.41, 5.74) is 3.00.